The van der Waals surface area contributed by atoms with Crippen LogP contribution in [-0.2, 0) is 22.9 Å². The van der Waals surface area contributed by atoms with Crippen molar-refractivity contribution in [2.75, 3.05) is 19.8 Å². The molecule has 23 heavy (non-hydrogen) atoms. The fourth-order valence-corrected chi connectivity index (χ4v) is 3.97. The van der Waals surface area contributed by atoms with Gasteiger partial charge < -0.3 is 24.3 Å². The molecular formula is C15H32N2O5Si. The first-order valence-electron chi connectivity index (χ1n) is 7.57. The highest BCUT2D eigenvalue weighted by Crippen LogP contribution is 2.17. The Bertz CT molecular complexity index is 279. The molecule has 0 heterocycles. The molecule has 0 fully saturated rings. The molecule has 8 heteroatoms. The van der Waals surface area contributed by atoms with Crippen LogP contribution in [0.15, 0.2) is 25.4 Å². The van der Waals surface area contributed by atoms with Crippen molar-refractivity contribution < 1.29 is 22.9 Å². The fraction of sp³-hybridized carbons (Fsp3) is 0.600. The Morgan fingerprint density at radius 1 is 1.09 bits per heavy atom. The Morgan fingerprint density at radius 3 is 1.61 bits per heavy atom. The molecule has 0 spiro atoms. The lowest BCUT2D eigenvalue weighted by molar-refractivity contribution is -0.113. The van der Waals surface area contributed by atoms with E-state index in [1.54, 1.807) is 0 Å². The van der Waals surface area contributed by atoms with Crippen LogP contribution in [0.4, 0.5) is 0 Å². The quantitative estimate of drug-likeness (QED) is 0.338. The summed E-state index contributed by atoms with van der Waals surface area (Å²) in [5.74, 6) is -0.481. The number of carbonyl (C=O) groups excluding carboxylic acids is 2. The van der Waals surface area contributed by atoms with E-state index in [0.29, 0.717) is 26.2 Å². The molecule has 0 bridgehead atoms. The van der Waals surface area contributed by atoms with Crippen molar-refractivity contribution in [1.29, 1.82) is 0 Å². The summed E-state index contributed by atoms with van der Waals surface area (Å²) in [6.07, 6.45) is 3.98. The zero-order chi connectivity index (χ0) is 18.6. The molecule has 0 saturated heterocycles. The molecule has 0 aliphatic rings. The predicted octanol–water partition coefficient (Wildman–Crippen LogP) is 1.98. The van der Waals surface area contributed by atoms with Crippen LogP contribution in [0.2, 0.25) is 6.04 Å². The highest BCUT2D eigenvalue weighted by Gasteiger charge is 2.38. The summed E-state index contributed by atoms with van der Waals surface area (Å²) >= 11 is 0. The van der Waals surface area contributed by atoms with Crippen LogP contribution >= 0.6 is 0 Å². The Kier molecular flexibility index (Phi) is 23.6. The van der Waals surface area contributed by atoms with Crippen molar-refractivity contribution in [2.24, 2.45) is 5.73 Å². The summed E-state index contributed by atoms with van der Waals surface area (Å²) in [5, 5.41) is 2.19. The molecular weight excluding hydrogens is 316 g/mol. The van der Waals surface area contributed by atoms with Gasteiger partial charge in [-0.3, -0.25) is 9.59 Å². The van der Waals surface area contributed by atoms with E-state index < -0.39 is 14.7 Å². The van der Waals surface area contributed by atoms with Gasteiger partial charge >= 0.3 is 8.80 Å². The number of carbonyl (C=O) groups is 2. The Hall–Kier alpha value is -1.48. The molecule has 0 radical (unpaired) electrons. The molecule has 0 aromatic carbocycles. The van der Waals surface area contributed by atoms with Gasteiger partial charge in [-0.1, -0.05) is 26.5 Å². The molecule has 0 unspecified atom stereocenters. The van der Waals surface area contributed by atoms with Crippen LogP contribution in [0.3, 0.4) is 0 Å². The monoisotopic (exact) mass is 348 g/mol. The minimum absolute atomic E-state index is 0.481. The summed E-state index contributed by atoms with van der Waals surface area (Å²) in [7, 11) is -2.30. The molecule has 0 aromatic heterocycles. The van der Waals surface area contributed by atoms with Gasteiger partial charge in [-0.25, -0.2) is 0 Å². The predicted molar refractivity (Wildman–Crippen MR) is 94.5 cm³/mol. The third kappa shape index (κ3) is 20.5. The Labute approximate surface area is 141 Å². The first-order chi connectivity index (χ1) is 10.9. The van der Waals surface area contributed by atoms with Crippen molar-refractivity contribution in [1.82, 2.24) is 5.32 Å². The van der Waals surface area contributed by atoms with E-state index in [2.05, 4.69) is 31.1 Å². The molecule has 0 aliphatic heterocycles. The highest BCUT2D eigenvalue weighted by molar-refractivity contribution is 6.60. The van der Waals surface area contributed by atoms with Crippen LogP contribution < -0.4 is 11.1 Å². The van der Waals surface area contributed by atoms with E-state index in [-0.39, 0.29) is 0 Å². The largest absolute Gasteiger partial charge is 0.500 e. The van der Waals surface area contributed by atoms with E-state index in [0.717, 1.165) is 18.5 Å². The highest BCUT2D eigenvalue weighted by atomic mass is 28.4. The van der Waals surface area contributed by atoms with Gasteiger partial charge in [0, 0.05) is 25.9 Å². The second-order valence-corrected chi connectivity index (χ2v) is 6.56. The normalized spacial score (nSPS) is 9.39. The lowest BCUT2D eigenvalue weighted by Crippen LogP contribution is -2.45. The number of rotatable bonds is 11. The first-order valence-corrected chi connectivity index (χ1v) is 9.50. The van der Waals surface area contributed by atoms with Crippen LogP contribution in [0.25, 0.3) is 0 Å². The number of nitrogens with two attached hydrogens (primary N) is 1. The van der Waals surface area contributed by atoms with Gasteiger partial charge in [-0.15, -0.1) is 0 Å². The second kappa shape index (κ2) is 20.5. The summed E-state index contributed by atoms with van der Waals surface area (Å²) in [6.45, 7) is 16.4. The minimum atomic E-state index is -2.30. The van der Waals surface area contributed by atoms with Gasteiger partial charge in [0.25, 0.3) is 0 Å². The Balaban J connectivity index is -0.000000329. The summed E-state index contributed by atoms with van der Waals surface area (Å²) in [4.78, 5) is 18.7. The average Bonchev–Trinajstić information content (AvgIpc) is 2.50. The summed E-state index contributed by atoms with van der Waals surface area (Å²) in [6, 6.07) is 0.919. The van der Waals surface area contributed by atoms with Crippen LogP contribution in [0.1, 0.15) is 34.1 Å². The molecule has 0 aliphatic carbocycles. The van der Waals surface area contributed by atoms with Crippen LogP contribution in [-0.4, -0.2) is 40.9 Å². The minimum Gasteiger partial charge on any atom is -0.374 e. The van der Waals surface area contributed by atoms with Gasteiger partial charge in [-0.2, -0.15) is 0 Å². The van der Waals surface area contributed by atoms with Crippen molar-refractivity contribution in [2.45, 2.75) is 40.2 Å². The lowest BCUT2D eigenvalue weighted by atomic mass is 10.6. The van der Waals surface area contributed by atoms with Gasteiger partial charge in [0.05, 0.1) is 0 Å². The fourth-order valence-electron chi connectivity index (χ4n) is 1.36. The maximum absolute atomic E-state index is 9.47. The van der Waals surface area contributed by atoms with E-state index in [9.17, 15) is 9.59 Å². The number of primary amides is 1. The zero-order valence-electron chi connectivity index (χ0n) is 14.8. The molecule has 3 N–H and O–H groups in total. The van der Waals surface area contributed by atoms with Crippen molar-refractivity contribution in [3.05, 3.63) is 25.4 Å². The Morgan fingerprint density at radius 2 is 1.48 bits per heavy atom. The second-order valence-electron chi connectivity index (χ2n) is 3.83. The number of amides is 2. The first kappa shape index (κ1) is 26.4. The van der Waals surface area contributed by atoms with E-state index in [1.807, 2.05) is 20.8 Å². The van der Waals surface area contributed by atoms with E-state index in [4.69, 9.17) is 13.3 Å². The van der Waals surface area contributed by atoms with Crippen molar-refractivity contribution >= 4 is 21.1 Å². The maximum Gasteiger partial charge on any atom is 0.500 e. The lowest BCUT2D eigenvalue weighted by Gasteiger charge is -2.27. The molecule has 2 amide bonds. The zero-order valence-corrected chi connectivity index (χ0v) is 15.8. The molecule has 0 aromatic rings. The maximum atomic E-state index is 9.47. The molecule has 0 saturated carbocycles. The topological polar surface area (TPSA) is 99.9 Å². The average molecular weight is 349 g/mol. The van der Waals surface area contributed by atoms with E-state index >= 15 is 0 Å². The van der Waals surface area contributed by atoms with Gasteiger partial charge in [0.2, 0.25) is 12.3 Å². The van der Waals surface area contributed by atoms with Crippen LogP contribution in [0.5, 0.6) is 0 Å². The summed E-state index contributed by atoms with van der Waals surface area (Å²) < 4.78 is 16.9. The molecule has 7 nitrogen and oxygen atoms in total. The van der Waals surface area contributed by atoms with Gasteiger partial charge in [0.15, 0.2) is 0 Å². The SMILES string of the molecule is C=CC(N)=O.C=CNC=O.CCC[Si](OCC)(OCC)OCC. The van der Waals surface area contributed by atoms with Crippen molar-refractivity contribution in [3.8, 4) is 0 Å². The van der Waals surface area contributed by atoms with Gasteiger partial charge in [0.1, 0.15) is 0 Å². The third-order valence-corrected chi connectivity index (χ3v) is 5.33. The molecule has 0 atom stereocenters. The third-order valence-electron chi connectivity index (χ3n) is 2.04. The smallest absolute Gasteiger partial charge is 0.374 e. The number of nitrogens with one attached hydrogen (secondary N) is 1. The van der Waals surface area contributed by atoms with E-state index in [1.165, 1.54) is 6.20 Å². The van der Waals surface area contributed by atoms with Crippen molar-refractivity contribution in [3.63, 3.8) is 0 Å². The standard InChI is InChI=1S/C9H22O3Si.2C3H5NO/c1-5-9-13(10-6-2,11-7-3)12-8-4;1-2-4-3-5;1-2-3(4)5/h5-9H2,1-4H3;2-3H,1H2,(H,4,5);2H,1H2,(H2,4,5). The molecule has 0 rings (SSSR count). The summed E-state index contributed by atoms with van der Waals surface area (Å²) in [5.41, 5.74) is 4.53. The van der Waals surface area contributed by atoms with Crippen LogP contribution in [0, 0.1) is 0 Å². The van der Waals surface area contributed by atoms with Gasteiger partial charge in [-0.05, 0) is 33.0 Å². The number of hydrogen-bond acceptors (Lipinski definition) is 5. The molecule has 136 valence electrons. The number of hydrogen-bond donors (Lipinski definition) is 2.